The molecule has 7 nitrogen and oxygen atoms in total. The Kier molecular flexibility index (Phi) is 6.01. The molecular formula is C19H24N4O3. The zero-order valence-electron chi connectivity index (χ0n) is 14.6. The van der Waals surface area contributed by atoms with Gasteiger partial charge in [0.05, 0.1) is 24.7 Å². The first-order chi connectivity index (χ1) is 12.6. The van der Waals surface area contributed by atoms with Crippen LogP contribution in [0.15, 0.2) is 47.5 Å². The third-order valence-electron chi connectivity index (χ3n) is 4.81. The number of nitrogens with one attached hydrogen (secondary N) is 2. The van der Waals surface area contributed by atoms with Gasteiger partial charge in [-0.25, -0.2) is 9.78 Å². The molecule has 1 saturated heterocycles. The van der Waals surface area contributed by atoms with Gasteiger partial charge in [-0.05, 0) is 30.7 Å². The summed E-state index contributed by atoms with van der Waals surface area (Å²) in [5.41, 5.74) is 1.42. The number of aliphatic hydroxyl groups excluding tert-OH is 1. The monoisotopic (exact) mass is 356 g/mol. The highest BCUT2D eigenvalue weighted by atomic mass is 16.3. The lowest BCUT2D eigenvalue weighted by Crippen LogP contribution is -2.46. The summed E-state index contributed by atoms with van der Waals surface area (Å²) in [6.07, 6.45) is 3.15. The van der Waals surface area contributed by atoms with Crippen LogP contribution in [0.25, 0.3) is 0 Å². The SMILES string of the molecule is O=C(NCc1cc(=O)[nH]cn1)N1CCC([C@@H](O)Cc2ccccc2)CC1. The van der Waals surface area contributed by atoms with E-state index < -0.39 is 0 Å². The average molecular weight is 356 g/mol. The zero-order valence-corrected chi connectivity index (χ0v) is 14.6. The minimum Gasteiger partial charge on any atom is -0.392 e. The fourth-order valence-electron chi connectivity index (χ4n) is 3.29. The Balaban J connectivity index is 1.44. The topological polar surface area (TPSA) is 98.3 Å². The van der Waals surface area contributed by atoms with Gasteiger partial charge in [-0.1, -0.05) is 30.3 Å². The minimum absolute atomic E-state index is 0.164. The summed E-state index contributed by atoms with van der Waals surface area (Å²) >= 11 is 0. The molecule has 1 fully saturated rings. The Hall–Kier alpha value is -2.67. The largest absolute Gasteiger partial charge is 0.392 e. The van der Waals surface area contributed by atoms with Gasteiger partial charge >= 0.3 is 6.03 Å². The molecule has 0 spiro atoms. The van der Waals surface area contributed by atoms with Crippen molar-refractivity contribution < 1.29 is 9.90 Å². The highest BCUT2D eigenvalue weighted by molar-refractivity contribution is 5.74. The number of urea groups is 1. The summed E-state index contributed by atoms with van der Waals surface area (Å²) in [5, 5.41) is 13.3. The first-order valence-electron chi connectivity index (χ1n) is 8.90. The Bertz CT molecular complexity index is 770. The first-order valence-corrected chi connectivity index (χ1v) is 8.90. The molecule has 1 aromatic heterocycles. The van der Waals surface area contributed by atoms with Crippen molar-refractivity contribution in [3.8, 4) is 0 Å². The van der Waals surface area contributed by atoms with Gasteiger partial charge in [0.1, 0.15) is 0 Å². The number of benzene rings is 1. The molecule has 138 valence electrons. The van der Waals surface area contributed by atoms with Crippen molar-refractivity contribution in [2.75, 3.05) is 13.1 Å². The van der Waals surface area contributed by atoms with Crippen LogP contribution >= 0.6 is 0 Å². The summed E-state index contributed by atoms with van der Waals surface area (Å²) in [4.78, 5) is 31.7. The van der Waals surface area contributed by atoms with Crippen molar-refractivity contribution in [3.05, 3.63) is 64.3 Å². The van der Waals surface area contributed by atoms with E-state index in [0.717, 1.165) is 18.4 Å². The maximum absolute atomic E-state index is 12.3. The Morgan fingerprint density at radius 3 is 2.73 bits per heavy atom. The van der Waals surface area contributed by atoms with Gasteiger partial charge in [-0.15, -0.1) is 0 Å². The van der Waals surface area contributed by atoms with Crippen LogP contribution in [0.4, 0.5) is 4.79 Å². The van der Waals surface area contributed by atoms with E-state index in [1.165, 1.54) is 12.4 Å². The first kappa shape index (κ1) is 18.1. The summed E-state index contributed by atoms with van der Waals surface area (Å²) in [6.45, 7) is 1.45. The number of aliphatic hydroxyl groups is 1. The number of rotatable bonds is 5. The average Bonchev–Trinajstić information content (AvgIpc) is 2.67. The summed E-state index contributed by atoms with van der Waals surface area (Å²) in [6, 6.07) is 11.2. The molecule has 2 aromatic rings. The van der Waals surface area contributed by atoms with Crippen LogP contribution in [0.1, 0.15) is 24.1 Å². The molecule has 3 N–H and O–H groups in total. The fraction of sp³-hybridized carbons (Fsp3) is 0.421. The lowest BCUT2D eigenvalue weighted by Gasteiger charge is -2.34. The number of hydrogen-bond donors (Lipinski definition) is 3. The molecule has 0 unspecified atom stereocenters. The molecule has 1 atom stereocenters. The number of carbonyl (C=O) groups excluding carboxylic acids is 1. The molecule has 1 aliphatic rings. The number of aromatic nitrogens is 2. The van der Waals surface area contributed by atoms with E-state index in [0.29, 0.717) is 25.2 Å². The predicted octanol–water partition coefficient (Wildman–Crippen LogP) is 1.30. The third-order valence-corrected chi connectivity index (χ3v) is 4.81. The van der Waals surface area contributed by atoms with Crippen molar-refractivity contribution in [3.63, 3.8) is 0 Å². The maximum Gasteiger partial charge on any atom is 0.317 e. The van der Waals surface area contributed by atoms with Crippen LogP contribution in [-0.4, -0.2) is 45.2 Å². The van der Waals surface area contributed by atoms with Crippen molar-refractivity contribution in [1.82, 2.24) is 20.2 Å². The number of carbonyl (C=O) groups is 1. The van der Waals surface area contributed by atoms with Crippen LogP contribution in [-0.2, 0) is 13.0 Å². The van der Waals surface area contributed by atoms with Crippen LogP contribution in [0.3, 0.4) is 0 Å². The Morgan fingerprint density at radius 2 is 2.04 bits per heavy atom. The van der Waals surface area contributed by atoms with Crippen molar-refractivity contribution in [2.24, 2.45) is 5.92 Å². The molecule has 0 bridgehead atoms. The van der Waals surface area contributed by atoms with E-state index in [-0.39, 0.29) is 30.2 Å². The second kappa shape index (κ2) is 8.62. The zero-order chi connectivity index (χ0) is 18.4. The van der Waals surface area contributed by atoms with E-state index in [9.17, 15) is 14.7 Å². The summed E-state index contributed by atoms with van der Waals surface area (Å²) in [7, 11) is 0. The van der Waals surface area contributed by atoms with Gasteiger partial charge in [-0.2, -0.15) is 0 Å². The van der Waals surface area contributed by atoms with Crippen molar-refractivity contribution in [1.29, 1.82) is 0 Å². The molecule has 2 heterocycles. The van der Waals surface area contributed by atoms with Gasteiger partial charge < -0.3 is 20.3 Å². The van der Waals surface area contributed by atoms with Gasteiger partial charge in [0.2, 0.25) is 0 Å². The minimum atomic E-state index is -0.386. The predicted molar refractivity (Wildman–Crippen MR) is 97.5 cm³/mol. The molecule has 1 aliphatic heterocycles. The number of piperidine rings is 1. The van der Waals surface area contributed by atoms with Crippen molar-refractivity contribution >= 4 is 6.03 Å². The molecule has 0 radical (unpaired) electrons. The lowest BCUT2D eigenvalue weighted by atomic mass is 9.88. The molecule has 2 amide bonds. The number of aromatic amines is 1. The van der Waals surface area contributed by atoms with Gasteiger partial charge in [0.25, 0.3) is 5.56 Å². The number of nitrogens with zero attached hydrogens (tertiary/aromatic N) is 2. The quantitative estimate of drug-likeness (QED) is 0.752. The van der Waals surface area contributed by atoms with E-state index in [1.54, 1.807) is 4.90 Å². The maximum atomic E-state index is 12.3. The van der Waals surface area contributed by atoms with E-state index in [1.807, 2.05) is 30.3 Å². The molecule has 1 aromatic carbocycles. The second-order valence-corrected chi connectivity index (χ2v) is 6.64. The fourth-order valence-corrected chi connectivity index (χ4v) is 3.29. The number of hydrogen-bond acceptors (Lipinski definition) is 4. The summed E-state index contributed by atoms with van der Waals surface area (Å²) in [5.74, 6) is 0.202. The van der Waals surface area contributed by atoms with Crippen molar-refractivity contribution in [2.45, 2.75) is 31.9 Å². The van der Waals surface area contributed by atoms with Gasteiger partial charge in [0, 0.05) is 19.2 Å². The molecule has 0 saturated carbocycles. The van der Waals surface area contributed by atoms with E-state index >= 15 is 0 Å². The summed E-state index contributed by atoms with van der Waals surface area (Å²) < 4.78 is 0. The van der Waals surface area contributed by atoms with Gasteiger partial charge in [-0.3, -0.25) is 4.79 Å². The van der Waals surface area contributed by atoms with Crippen LogP contribution in [0.2, 0.25) is 0 Å². The Labute approximate surface area is 152 Å². The smallest absolute Gasteiger partial charge is 0.317 e. The lowest BCUT2D eigenvalue weighted by molar-refractivity contribution is 0.0671. The van der Waals surface area contributed by atoms with E-state index in [4.69, 9.17) is 0 Å². The second-order valence-electron chi connectivity index (χ2n) is 6.64. The van der Waals surface area contributed by atoms with Crippen LogP contribution in [0, 0.1) is 5.92 Å². The standard InChI is InChI=1S/C19H24N4O3/c24-17(10-14-4-2-1-3-5-14)15-6-8-23(9-7-15)19(26)20-12-16-11-18(25)22-13-21-16/h1-5,11,13,15,17,24H,6-10,12H2,(H,20,26)(H,21,22,25)/t17-/m0/s1. The number of likely N-dealkylation sites (tertiary alicyclic amines) is 1. The normalized spacial score (nSPS) is 16.3. The van der Waals surface area contributed by atoms with Gasteiger partial charge in [0.15, 0.2) is 0 Å². The van der Waals surface area contributed by atoms with E-state index in [2.05, 4.69) is 15.3 Å². The highest BCUT2D eigenvalue weighted by Gasteiger charge is 2.27. The molecule has 7 heteroatoms. The third kappa shape index (κ3) is 4.92. The molecule has 0 aliphatic carbocycles. The highest BCUT2D eigenvalue weighted by Crippen LogP contribution is 2.23. The number of H-pyrrole nitrogens is 1. The number of amides is 2. The van der Waals surface area contributed by atoms with Crippen LogP contribution < -0.4 is 10.9 Å². The molecule has 26 heavy (non-hydrogen) atoms. The Morgan fingerprint density at radius 1 is 1.31 bits per heavy atom. The molecule has 3 rings (SSSR count). The van der Waals surface area contributed by atoms with Crippen LogP contribution in [0.5, 0.6) is 0 Å². The molecular weight excluding hydrogens is 332 g/mol.